The number of thiol groups is 1. The largest absolute Gasteiger partial charge is 0.336 e. The van der Waals surface area contributed by atoms with Gasteiger partial charge in [-0.25, -0.2) is 9.10 Å². The van der Waals surface area contributed by atoms with Crippen LogP contribution in [0.1, 0.15) is 13.3 Å². The Hall–Kier alpha value is -1.22. The van der Waals surface area contributed by atoms with E-state index in [4.69, 9.17) is 5.26 Å². The molecule has 0 spiro atoms. The van der Waals surface area contributed by atoms with Gasteiger partial charge in [0, 0.05) is 13.5 Å². The second-order valence-electron chi connectivity index (χ2n) is 1.97. The number of nitrogens with one attached hydrogen (secondary N) is 1. The van der Waals surface area contributed by atoms with E-state index in [1.165, 1.54) is 6.92 Å². The molecular weight excluding hydrogens is 178 g/mol. The number of amides is 3. The zero-order chi connectivity index (χ0) is 9.56. The molecule has 0 aliphatic heterocycles. The van der Waals surface area contributed by atoms with Gasteiger partial charge < -0.3 is 5.32 Å². The van der Waals surface area contributed by atoms with Crippen LogP contribution < -0.4 is 5.32 Å². The minimum absolute atomic E-state index is 0.214. The summed E-state index contributed by atoms with van der Waals surface area (Å²) in [6.07, 6.45) is 0.214. The maximum absolute atomic E-state index is 10.9. The lowest BCUT2D eigenvalue weighted by molar-refractivity contribution is -0.121. The van der Waals surface area contributed by atoms with Gasteiger partial charge in [-0.15, -0.1) is 0 Å². The van der Waals surface area contributed by atoms with Crippen molar-refractivity contribution < 1.29 is 9.59 Å². The van der Waals surface area contributed by atoms with Crippen molar-refractivity contribution in [2.24, 2.45) is 0 Å². The third-order valence-corrected chi connectivity index (χ3v) is 1.47. The molecule has 0 bridgehead atoms. The molecule has 0 aromatic carbocycles. The van der Waals surface area contributed by atoms with Crippen molar-refractivity contribution in [1.29, 1.82) is 5.26 Å². The molecule has 0 aliphatic rings. The Morgan fingerprint density at radius 1 is 1.67 bits per heavy atom. The first-order chi connectivity index (χ1) is 5.59. The highest BCUT2D eigenvalue weighted by atomic mass is 32.1. The Kier molecular flexibility index (Phi) is 4.88. The summed E-state index contributed by atoms with van der Waals surface area (Å²) in [5, 5.41) is 10.5. The summed E-state index contributed by atoms with van der Waals surface area (Å²) in [7, 11) is 0. The quantitative estimate of drug-likeness (QED) is 0.482. The molecule has 0 atom stereocenters. The van der Waals surface area contributed by atoms with E-state index in [9.17, 15) is 9.59 Å². The molecule has 66 valence electrons. The van der Waals surface area contributed by atoms with E-state index < -0.39 is 11.9 Å². The number of imide groups is 1. The van der Waals surface area contributed by atoms with Gasteiger partial charge in [-0.3, -0.25) is 4.79 Å². The average Bonchev–Trinajstić information content (AvgIpc) is 2.03. The molecule has 0 unspecified atom stereocenters. The summed E-state index contributed by atoms with van der Waals surface area (Å²) < 4.78 is 0.650. The Labute approximate surface area is 75.9 Å². The van der Waals surface area contributed by atoms with Crippen molar-refractivity contribution in [1.82, 2.24) is 9.62 Å². The molecule has 0 saturated carbocycles. The lowest BCUT2D eigenvalue weighted by Crippen LogP contribution is -2.36. The number of urea groups is 1. The van der Waals surface area contributed by atoms with Crippen molar-refractivity contribution in [2.75, 3.05) is 6.54 Å². The van der Waals surface area contributed by atoms with E-state index in [-0.39, 0.29) is 13.0 Å². The minimum atomic E-state index is -0.610. The van der Waals surface area contributed by atoms with Gasteiger partial charge in [0.15, 0.2) is 0 Å². The summed E-state index contributed by atoms with van der Waals surface area (Å²) in [6.45, 7) is 1.44. The molecule has 3 amide bonds. The highest BCUT2D eigenvalue weighted by Gasteiger charge is 2.11. The fourth-order valence-corrected chi connectivity index (χ4v) is 0.514. The van der Waals surface area contributed by atoms with Crippen molar-refractivity contribution in [2.45, 2.75) is 13.3 Å². The monoisotopic (exact) mass is 187 g/mol. The van der Waals surface area contributed by atoms with Gasteiger partial charge in [-0.1, -0.05) is 12.8 Å². The molecule has 0 aromatic rings. The highest BCUT2D eigenvalue weighted by Crippen LogP contribution is 1.93. The van der Waals surface area contributed by atoms with Crippen molar-refractivity contribution >= 4 is 24.8 Å². The first kappa shape index (κ1) is 10.8. The molecule has 0 fully saturated rings. The fourth-order valence-electron chi connectivity index (χ4n) is 0.443. The normalized spacial score (nSPS) is 8.42. The van der Waals surface area contributed by atoms with Crippen LogP contribution in [0.25, 0.3) is 0 Å². The summed E-state index contributed by atoms with van der Waals surface area (Å²) >= 11 is 3.61. The Morgan fingerprint density at radius 3 is 2.67 bits per heavy atom. The van der Waals surface area contributed by atoms with Crippen LogP contribution in [0.3, 0.4) is 0 Å². The van der Waals surface area contributed by atoms with Crippen LogP contribution in [-0.4, -0.2) is 22.8 Å². The van der Waals surface area contributed by atoms with Gasteiger partial charge in [-0.05, 0) is 0 Å². The molecule has 12 heavy (non-hydrogen) atoms. The second-order valence-corrected chi connectivity index (χ2v) is 2.37. The topological polar surface area (TPSA) is 73.2 Å². The predicted octanol–water partition coefficient (Wildman–Crippen LogP) is 0.303. The Balaban J connectivity index is 3.74. The SMILES string of the molecule is CC(=O)N(S)C(=O)NCCC#N. The third-order valence-electron chi connectivity index (χ3n) is 1.00. The summed E-state index contributed by atoms with van der Waals surface area (Å²) in [5.41, 5.74) is 0. The zero-order valence-corrected chi connectivity index (χ0v) is 7.47. The average molecular weight is 187 g/mol. The Morgan fingerprint density at radius 2 is 2.25 bits per heavy atom. The van der Waals surface area contributed by atoms with Gasteiger partial charge >= 0.3 is 6.03 Å². The van der Waals surface area contributed by atoms with Gasteiger partial charge in [0.2, 0.25) is 5.91 Å². The lowest BCUT2D eigenvalue weighted by atomic mass is 10.5. The number of carbonyl (C=O) groups excluding carboxylic acids is 2. The van der Waals surface area contributed by atoms with Crippen LogP contribution in [0.15, 0.2) is 0 Å². The van der Waals surface area contributed by atoms with E-state index in [1.807, 2.05) is 6.07 Å². The van der Waals surface area contributed by atoms with Gasteiger partial charge in [-0.2, -0.15) is 5.26 Å². The van der Waals surface area contributed by atoms with Crippen LogP contribution in [0, 0.1) is 11.3 Å². The predicted molar refractivity (Wildman–Crippen MR) is 45.1 cm³/mol. The van der Waals surface area contributed by atoms with Crippen LogP contribution >= 0.6 is 12.8 Å². The van der Waals surface area contributed by atoms with Gasteiger partial charge in [0.05, 0.1) is 12.5 Å². The van der Waals surface area contributed by atoms with E-state index >= 15 is 0 Å². The van der Waals surface area contributed by atoms with Crippen molar-refractivity contribution in [3.63, 3.8) is 0 Å². The molecular formula is C6H9N3O2S. The molecule has 0 heterocycles. The Bertz CT molecular complexity index is 223. The van der Waals surface area contributed by atoms with Crippen LogP contribution in [0.5, 0.6) is 0 Å². The molecule has 1 N–H and O–H groups in total. The lowest BCUT2D eigenvalue weighted by Gasteiger charge is -2.10. The molecule has 0 saturated heterocycles. The van der Waals surface area contributed by atoms with Crippen LogP contribution in [0.2, 0.25) is 0 Å². The first-order valence-corrected chi connectivity index (χ1v) is 3.64. The standard InChI is InChI=1S/C6H9N3O2S/c1-5(10)9(12)6(11)8-4-2-3-7/h12H,2,4H2,1H3,(H,8,11). The van der Waals surface area contributed by atoms with Crippen molar-refractivity contribution in [3.8, 4) is 6.07 Å². The number of hydrogen-bond donors (Lipinski definition) is 2. The maximum atomic E-state index is 10.9. The first-order valence-electron chi connectivity index (χ1n) is 3.24. The van der Waals surface area contributed by atoms with Gasteiger partial charge in [0.1, 0.15) is 0 Å². The molecule has 0 aliphatic carbocycles. The highest BCUT2D eigenvalue weighted by molar-refractivity contribution is 7.79. The van der Waals surface area contributed by atoms with E-state index in [0.717, 1.165) is 0 Å². The smallest absolute Gasteiger partial charge is 0.334 e. The minimum Gasteiger partial charge on any atom is -0.336 e. The molecule has 5 nitrogen and oxygen atoms in total. The van der Waals surface area contributed by atoms with E-state index in [1.54, 1.807) is 0 Å². The molecule has 0 aromatic heterocycles. The van der Waals surface area contributed by atoms with E-state index in [0.29, 0.717) is 4.31 Å². The van der Waals surface area contributed by atoms with Crippen LogP contribution in [0.4, 0.5) is 4.79 Å². The molecule has 0 rings (SSSR count). The third kappa shape index (κ3) is 3.83. The van der Waals surface area contributed by atoms with Crippen LogP contribution in [-0.2, 0) is 4.79 Å². The molecule has 0 radical (unpaired) electrons. The zero-order valence-electron chi connectivity index (χ0n) is 6.57. The number of carbonyl (C=O) groups is 2. The fraction of sp³-hybridized carbons (Fsp3) is 0.500. The second kappa shape index (κ2) is 5.43. The summed E-state index contributed by atoms with van der Waals surface area (Å²) in [5.74, 6) is -0.465. The summed E-state index contributed by atoms with van der Waals surface area (Å²) in [6, 6.07) is 1.24. The number of hydrogen-bond acceptors (Lipinski definition) is 4. The molecule has 6 heteroatoms. The van der Waals surface area contributed by atoms with Crippen molar-refractivity contribution in [3.05, 3.63) is 0 Å². The number of nitriles is 1. The van der Waals surface area contributed by atoms with E-state index in [2.05, 4.69) is 18.1 Å². The number of nitrogens with zero attached hydrogens (tertiary/aromatic N) is 2. The van der Waals surface area contributed by atoms with Gasteiger partial charge in [0.25, 0.3) is 0 Å². The summed E-state index contributed by atoms with van der Waals surface area (Å²) in [4.78, 5) is 21.4. The maximum Gasteiger partial charge on any atom is 0.334 e. The number of rotatable bonds is 2.